The lowest BCUT2D eigenvalue weighted by Crippen LogP contribution is -2.23. The van der Waals surface area contributed by atoms with E-state index in [0.29, 0.717) is 17.8 Å². The molecule has 0 atom stereocenters. The van der Waals surface area contributed by atoms with E-state index in [4.69, 9.17) is 0 Å². The molecule has 1 amide bonds. The summed E-state index contributed by atoms with van der Waals surface area (Å²) < 4.78 is 4.38. The van der Waals surface area contributed by atoms with Gasteiger partial charge in [0.15, 0.2) is 5.65 Å². The molecule has 0 bridgehead atoms. The summed E-state index contributed by atoms with van der Waals surface area (Å²) >= 11 is 3.47. The van der Waals surface area contributed by atoms with Gasteiger partial charge in [-0.2, -0.15) is 10.2 Å². The first-order valence-electron chi connectivity index (χ1n) is 8.96. The molecule has 0 aliphatic rings. The Morgan fingerprint density at radius 2 is 2.00 bits per heavy atom. The molecule has 4 rings (SSSR count). The van der Waals surface area contributed by atoms with Gasteiger partial charge in [0.1, 0.15) is 5.56 Å². The number of rotatable bonds is 5. The highest BCUT2D eigenvalue weighted by atomic mass is 79.9. The van der Waals surface area contributed by atoms with Crippen LogP contribution in [0.25, 0.3) is 16.9 Å². The lowest BCUT2D eigenvalue weighted by molar-refractivity contribution is 0.0951. The Morgan fingerprint density at radius 3 is 2.71 bits per heavy atom. The molecule has 1 N–H and O–H groups in total. The van der Waals surface area contributed by atoms with Crippen LogP contribution in [0, 0.1) is 6.92 Å². The number of hydrogen-bond donors (Lipinski definition) is 1. The van der Waals surface area contributed by atoms with Crippen molar-refractivity contribution in [2.24, 2.45) is 0 Å². The molecule has 4 aromatic rings. The highest BCUT2D eigenvalue weighted by Crippen LogP contribution is 2.21. The van der Waals surface area contributed by atoms with Crippen molar-refractivity contribution < 1.29 is 4.79 Å². The second kappa shape index (κ2) is 7.55. The first-order valence-corrected chi connectivity index (χ1v) is 9.76. The van der Waals surface area contributed by atoms with E-state index in [9.17, 15) is 4.79 Å². The fraction of sp³-hybridized carbons (Fsp3) is 0.200. The van der Waals surface area contributed by atoms with Crippen LogP contribution in [0.4, 0.5) is 0 Å². The van der Waals surface area contributed by atoms with E-state index in [1.54, 1.807) is 16.9 Å². The molecule has 3 heterocycles. The maximum Gasteiger partial charge on any atom is 0.257 e. The fourth-order valence-corrected chi connectivity index (χ4v) is 3.43. The van der Waals surface area contributed by atoms with Crippen molar-refractivity contribution in [1.82, 2.24) is 29.7 Å². The van der Waals surface area contributed by atoms with E-state index in [2.05, 4.69) is 36.4 Å². The van der Waals surface area contributed by atoms with Gasteiger partial charge in [0.2, 0.25) is 0 Å². The first kappa shape index (κ1) is 18.4. The number of benzene rings is 1. The predicted molar refractivity (Wildman–Crippen MR) is 110 cm³/mol. The van der Waals surface area contributed by atoms with Crippen LogP contribution in [0.15, 0.2) is 53.4 Å². The van der Waals surface area contributed by atoms with Crippen LogP contribution in [0.1, 0.15) is 28.5 Å². The summed E-state index contributed by atoms with van der Waals surface area (Å²) in [5.41, 5.74) is 4.82. The van der Waals surface area contributed by atoms with Gasteiger partial charge in [0.25, 0.3) is 5.91 Å². The third-order valence-electron chi connectivity index (χ3n) is 4.52. The number of nitrogens with zero attached hydrogens (tertiary/aromatic N) is 5. The zero-order valence-electron chi connectivity index (χ0n) is 15.6. The number of amides is 1. The lowest BCUT2D eigenvalue weighted by Gasteiger charge is -2.06. The molecular formula is C20H19BrN6O. The van der Waals surface area contributed by atoms with Crippen molar-refractivity contribution >= 4 is 27.5 Å². The van der Waals surface area contributed by atoms with Gasteiger partial charge in [-0.15, -0.1) is 0 Å². The molecule has 0 spiro atoms. The molecule has 0 unspecified atom stereocenters. The molecule has 0 radical (unpaired) electrons. The summed E-state index contributed by atoms with van der Waals surface area (Å²) in [6.45, 7) is 5.15. The van der Waals surface area contributed by atoms with Crippen molar-refractivity contribution in [3.05, 3.63) is 70.2 Å². The summed E-state index contributed by atoms with van der Waals surface area (Å²) in [5.74, 6) is -0.235. The van der Waals surface area contributed by atoms with Gasteiger partial charge in [0.05, 0.1) is 28.6 Å². The van der Waals surface area contributed by atoms with Crippen molar-refractivity contribution in [1.29, 1.82) is 0 Å². The number of fused-ring (bicyclic) bond motifs is 1. The van der Waals surface area contributed by atoms with Gasteiger partial charge in [-0.05, 0) is 35.8 Å². The first-order chi connectivity index (χ1) is 13.6. The maximum absolute atomic E-state index is 12.7. The normalized spacial score (nSPS) is 11.1. The van der Waals surface area contributed by atoms with Crippen molar-refractivity contribution in [2.45, 2.75) is 26.9 Å². The lowest BCUT2D eigenvalue weighted by atomic mass is 10.1. The predicted octanol–water partition coefficient (Wildman–Crippen LogP) is 3.61. The molecule has 7 nitrogen and oxygen atoms in total. The quantitative estimate of drug-likeness (QED) is 0.516. The highest BCUT2D eigenvalue weighted by Gasteiger charge is 2.17. The zero-order valence-corrected chi connectivity index (χ0v) is 17.1. The minimum absolute atomic E-state index is 0.235. The van der Waals surface area contributed by atoms with Gasteiger partial charge in [-0.25, -0.2) is 9.50 Å². The third kappa shape index (κ3) is 3.43. The van der Waals surface area contributed by atoms with E-state index in [0.717, 1.165) is 28.0 Å². The summed E-state index contributed by atoms with van der Waals surface area (Å²) in [7, 11) is 0. The van der Waals surface area contributed by atoms with E-state index >= 15 is 0 Å². The van der Waals surface area contributed by atoms with Crippen molar-refractivity contribution in [3.8, 4) is 11.3 Å². The molecule has 0 aliphatic carbocycles. The number of aromatic nitrogens is 5. The number of halogens is 1. The number of carbonyl (C=O) groups excluding carboxylic acids is 1. The van der Waals surface area contributed by atoms with Crippen LogP contribution in [0.2, 0.25) is 0 Å². The van der Waals surface area contributed by atoms with Gasteiger partial charge in [0, 0.05) is 24.5 Å². The number of nitrogens with one attached hydrogen (secondary N) is 1. The zero-order chi connectivity index (χ0) is 19.7. The Bertz CT molecular complexity index is 1150. The summed E-state index contributed by atoms with van der Waals surface area (Å²) in [4.78, 5) is 17.1. The van der Waals surface area contributed by atoms with Crippen LogP contribution in [-0.2, 0) is 13.1 Å². The topological polar surface area (TPSA) is 77.1 Å². The average Bonchev–Trinajstić information content (AvgIpc) is 3.30. The second-order valence-electron chi connectivity index (χ2n) is 6.45. The Balaban J connectivity index is 1.60. The van der Waals surface area contributed by atoms with Crippen LogP contribution in [0.5, 0.6) is 0 Å². The third-order valence-corrected chi connectivity index (χ3v) is 5.18. The largest absolute Gasteiger partial charge is 0.346 e. The van der Waals surface area contributed by atoms with Crippen molar-refractivity contribution in [2.75, 3.05) is 0 Å². The van der Waals surface area contributed by atoms with Gasteiger partial charge >= 0.3 is 0 Å². The monoisotopic (exact) mass is 438 g/mol. The van der Waals surface area contributed by atoms with E-state index in [-0.39, 0.29) is 5.91 Å². The molecular weight excluding hydrogens is 420 g/mol. The van der Waals surface area contributed by atoms with Crippen LogP contribution >= 0.6 is 15.9 Å². The maximum atomic E-state index is 12.7. The van der Waals surface area contributed by atoms with Crippen LogP contribution in [0.3, 0.4) is 0 Å². The minimum Gasteiger partial charge on any atom is -0.346 e. The Morgan fingerprint density at radius 1 is 1.21 bits per heavy atom. The number of hydrogen-bond acceptors (Lipinski definition) is 4. The van der Waals surface area contributed by atoms with Crippen LogP contribution in [-0.4, -0.2) is 30.3 Å². The fourth-order valence-electron chi connectivity index (χ4n) is 2.97. The molecule has 8 heteroatoms. The smallest absolute Gasteiger partial charge is 0.257 e. The second-order valence-corrected chi connectivity index (χ2v) is 7.31. The number of aryl methyl sites for hydroxylation is 2. The molecule has 1 aromatic carbocycles. The minimum atomic E-state index is -0.235. The van der Waals surface area contributed by atoms with E-state index < -0.39 is 0 Å². The number of carbonyl (C=O) groups is 1. The van der Waals surface area contributed by atoms with Gasteiger partial charge in [-0.3, -0.25) is 9.48 Å². The van der Waals surface area contributed by atoms with Gasteiger partial charge < -0.3 is 5.32 Å². The molecule has 0 aliphatic heterocycles. The molecule has 28 heavy (non-hydrogen) atoms. The Kier molecular flexibility index (Phi) is 4.95. The van der Waals surface area contributed by atoms with E-state index in [1.165, 1.54) is 5.56 Å². The summed E-state index contributed by atoms with van der Waals surface area (Å²) in [6, 6.07) is 10.1. The molecule has 0 saturated heterocycles. The highest BCUT2D eigenvalue weighted by molar-refractivity contribution is 9.10. The summed E-state index contributed by atoms with van der Waals surface area (Å²) in [5, 5.41) is 11.7. The Hall–Kier alpha value is -3.00. The Labute approximate surface area is 170 Å². The standard InChI is InChI=1S/C20H19BrN6O/c1-3-26-12-16(21)17(25-26)11-23-20(28)15-10-24-27-18(8-9-22-19(15)27)14-6-4-13(2)5-7-14/h4-10,12H,3,11H2,1-2H3,(H,23,28). The molecule has 0 fully saturated rings. The van der Waals surface area contributed by atoms with E-state index in [1.807, 2.05) is 55.1 Å². The molecule has 142 valence electrons. The van der Waals surface area contributed by atoms with Crippen LogP contribution < -0.4 is 5.32 Å². The van der Waals surface area contributed by atoms with Crippen molar-refractivity contribution in [3.63, 3.8) is 0 Å². The SMILES string of the molecule is CCn1cc(Br)c(CNC(=O)c2cnn3c(-c4ccc(C)cc4)ccnc23)n1. The summed E-state index contributed by atoms with van der Waals surface area (Å²) in [6.07, 6.45) is 5.14. The average molecular weight is 439 g/mol. The van der Waals surface area contributed by atoms with Gasteiger partial charge in [-0.1, -0.05) is 29.8 Å². The molecule has 3 aromatic heterocycles. The molecule has 0 saturated carbocycles.